The van der Waals surface area contributed by atoms with Crippen molar-refractivity contribution in [1.82, 2.24) is 9.88 Å². The van der Waals surface area contributed by atoms with E-state index >= 15 is 0 Å². The molecule has 20 heavy (non-hydrogen) atoms. The van der Waals surface area contributed by atoms with Crippen LogP contribution in [-0.4, -0.2) is 30.0 Å². The molecule has 4 heteroatoms. The zero-order valence-electron chi connectivity index (χ0n) is 11.8. The van der Waals surface area contributed by atoms with Gasteiger partial charge in [-0.15, -0.1) is 0 Å². The second-order valence-corrected chi connectivity index (χ2v) is 5.23. The Morgan fingerprint density at radius 1 is 1.30 bits per heavy atom. The Morgan fingerprint density at radius 2 is 2.15 bits per heavy atom. The zero-order chi connectivity index (χ0) is 13.8. The molecule has 2 heterocycles. The van der Waals surface area contributed by atoms with Crippen LogP contribution in [0.25, 0.3) is 0 Å². The molecule has 2 N–H and O–H groups in total. The number of fused-ring (bicyclic) bond motifs is 1. The lowest BCUT2D eigenvalue weighted by molar-refractivity contribution is 0.346. The second-order valence-electron chi connectivity index (χ2n) is 5.23. The van der Waals surface area contributed by atoms with Gasteiger partial charge in [-0.3, -0.25) is 0 Å². The SMILES string of the molecule is CN1CCNc2cc(NCc3ccccc3)ncc2C1. The van der Waals surface area contributed by atoms with Gasteiger partial charge in [0.1, 0.15) is 5.82 Å². The summed E-state index contributed by atoms with van der Waals surface area (Å²) in [7, 11) is 2.14. The highest BCUT2D eigenvalue weighted by molar-refractivity contribution is 5.58. The first-order chi connectivity index (χ1) is 9.81. The molecular formula is C16H20N4. The van der Waals surface area contributed by atoms with Gasteiger partial charge in [0.25, 0.3) is 0 Å². The van der Waals surface area contributed by atoms with Gasteiger partial charge in [-0.2, -0.15) is 0 Å². The van der Waals surface area contributed by atoms with Gasteiger partial charge in [-0.25, -0.2) is 4.98 Å². The molecule has 0 radical (unpaired) electrons. The standard InChI is InChI=1S/C16H20N4/c1-20-8-7-17-15-9-16(19-11-14(15)12-20)18-10-13-5-3-2-4-6-13/h2-6,9,11,17H,7-8,10,12H2,1H3,(H,18,19). The minimum atomic E-state index is 0.798. The van der Waals surface area contributed by atoms with E-state index in [0.717, 1.165) is 32.0 Å². The second kappa shape index (κ2) is 5.92. The van der Waals surface area contributed by atoms with Gasteiger partial charge >= 0.3 is 0 Å². The van der Waals surface area contributed by atoms with Crippen molar-refractivity contribution < 1.29 is 0 Å². The molecule has 0 aliphatic carbocycles. The zero-order valence-corrected chi connectivity index (χ0v) is 11.8. The number of anilines is 2. The molecule has 0 fully saturated rings. The predicted octanol–water partition coefficient (Wildman–Crippen LogP) is 2.55. The van der Waals surface area contributed by atoms with Crippen LogP contribution in [-0.2, 0) is 13.1 Å². The van der Waals surface area contributed by atoms with E-state index < -0.39 is 0 Å². The van der Waals surface area contributed by atoms with Crippen LogP contribution in [0.2, 0.25) is 0 Å². The summed E-state index contributed by atoms with van der Waals surface area (Å²) in [5.41, 5.74) is 3.71. The summed E-state index contributed by atoms with van der Waals surface area (Å²) < 4.78 is 0. The Hall–Kier alpha value is -2.07. The van der Waals surface area contributed by atoms with Crippen molar-refractivity contribution >= 4 is 11.5 Å². The highest BCUT2D eigenvalue weighted by Gasteiger charge is 2.11. The molecule has 3 rings (SSSR count). The first-order valence-electron chi connectivity index (χ1n) is 7.00. The van der Waals surface area contributed by atoms with Crippen molar-refractivity contribution in [2.24, 2.45) is 0 Å². The molecule has 4 nitrogen and oxygen atoms in total. The van der Waals surface area contributed by atoms with Crippen molar-refractivity contribution in [2.45, 2.75) is 13.1 Å². The molecule has 0 amide bonds. The first-order valence-corrected chi connectivity index (χ1v) is 7.00. The van der Waals surface area contributed by atoms with E-state index in [-0.39, 0.29) is 0 Å². The van der Waals surface area contributed by atoms with E-state index in [1.165, 1.54) is 16.8 Å². The number of hydrogen-bond acceptors (Lipinski definition) is 4. The van der Waals surface area contributed by atoms with E-state index in [4.69, 9.17) is 0 Å². The molecule has 1 aliphatic heterocycles. The molecule has 1 aliphatic rings. The number of aromatic nitrogens is 1. The number of benzene rings is 1. The molecule has 0 saturated heterocycles. The summed E-state index contributed by atoms with van der Waals surface area (Å²) in [6.45, 7) is 3.79. The van der Waals surface area contributed by atoms with E-state index in [1.807, 2.05) is 12.3 Å². The number of nitrogens with one attached hydrogen (secondary N) is 2. The Bertz CT molecular complexity index is 568. The maximum atomic E-state index is 4.51. The van der Waals surface area contributed by atoms with Gasteiger partial charge in [0.15, 0.2) is 0 Å². The Balaban J connectivity index is 1.71. The Kier molecular flexibility index (Phi) is 3.83. The normalized spacial score (nSPS) is 15.1. The maximum Gasteiger partial charge on any atom is 0.128 e. The monoisotopic (exact) mass is 268 g/mol. The van der Waals surface area contributed by atoms with Crippen molar-refractivity contribution in [3.63, 3.8) is 0 Å². The summed E-state index contributed by atoms with van der Waals surface area (Å²) in [5.74, 6) is 0.921. The number of pyridine rings is 1. The molecule has 0 saturated carbocycles. The predicted molar refractivity (Wildman–Crippen MR) is 82.8 cm³/mol. The quantitative estimate of drug-likeness (QED) is 0.897. The Morgan fingerprint density at radius 3 is 3.00 bits per heavy atom. The summed E-state index contributed by atoms with van der Waals surface area (Å²) in [5, 5.41) is 6.85. The van der Waals surface area contributed by atoms with Crippen molar-refractivity contribution in [1.29, 1.82) is 0 Å². The minimum absolute atomic E-state index is 0.798. The van der Waals surface area contributed by atoms with Crippen molar-refractivity contribution in [2.75, 3.05) is 30.8 Å². The van der Waals surface area contributed by atoms with E-state index in [0.29, 0.717) is 0 Å². The van der Waals surface area contributed by atoms with E-state index in [2.05, 4.69) is 57.9 Å². The average molecular weight is 268 g/mol. The number of rotatable bonds is 3. The van der Waals surface area contributed by atoms with Gasteiger partial charge in [0, 0.05) is 49.7 Å². The largest absolute Gasteiger partial charge is 0.383 e. The number of nitrogens with zero attached hydrogens (tertiary/aromatic N) is 2. The number of likely N-dealkylation sites (N-methyl/N-ethyl adjacent to an activating group) is 1. The Labute approximate surface area is 119 Å². The third-order valence-corrected chi connectivity index (χ3v) is 3.55. The maximum absolute atomic E-state index is 4.51. The van der Waals surface area contributed by atoms with Crippen LogP contribution in [0.4, 0.5) is 11.5 Å². The fourth-order valence-electron chi connectivity index (χ4n) is 2.41. The van der Waals surface area contributed by atoms with Crippen LogP contribution in [0, 0.1) is 0 Å². The van der Waals surface area contributed by atoms with E-state index in [9.17, 15) is 0 Å². The van der Waals surface area contributed by atoms with Crippen LogP contribution in [0.5, 0.6) is 0 Å². The number of hydrogen-bond donors (Lipinski definition) is 2. The molecule has 1 aromatic carbocycles. The average Bonchev–Trinajstić information content (AvgIpc) is 2.66. The first kappa shape index (κ1) is 12.9. The third kappa shape index (κ3) is 3.08. The summed E-state index contributed by atoms with van der Waals surface area (Å²) >= 11 is 0. The van der Waals surface area contributed by atoms with Gasteiger partial charge in [-0.05, 0) is 12.6 Å². The molecule has 0 atom stereocenters. The van der Waals surface area contributed by atoms with E-state index in [1.54, 1.807) is 0 Å². The van der Waals surface area contributed by atoms with Crippen LogP contribution in [0.15, 0.2) is 42.6 Å². The van der Waals surface area contributed by atoms with Crippen molar-refractivity contribution in [3.05, 3.63) is 53.7 Å². The lowest BCUT2D eigenvalue weighted by Crippen LogP contribution is -2.20. The molecular weight excluding hydrogens is 248 g/mol. The van der Waals surface area contributed by atoms with Crippen LogP contribution in [0.1, 0.15) is 11.1 Å². The highest BCUT2D eigenvalue weighted by Crippen LogP contribution is 2.22. The van der Waals surface area contributed by atoms with Crippen LogP contribution < -0.4 is 10.6 Å². The lowest BCUT2D eigenvalue weighted by atomic mass is 10.2. The smallest absolute Gasteiger partial charge is 0.128 e. The topological polar surface area (TPSA) is 40.2 Å². The fourth-order valence-corrected chi connectivity index (χ4v) is 2.41. The van der Waals surface area contributed by atoms with Crippen LogP contribution >= 0.6 is 0 Å². The van der Waals surface area contributed by atoms with Crippen LogP contribution in [0.3, 0.4) is 0 Å². The summed E-state index contributed by atoms with van der Waals surface area (Å²) in [6.07, 6.45) is 1.97. The molecule has 0 unspecified atom stereocenters. The minimum Gasteiger partial charge on any atom is -0.383 e. The summed E-state index contributed by atoms with van der Waals surface area (Å²) in [4.78, 5) is 6.81. The van der Waals surface area contributed by atoms with Gasteiger partial charge in [0.05, 0.1) is 0 Å². The lowest BCUT2D eigenvalue weighted by Gasteiger charge is -2.13. The highest BCUT2D eigenvalue weighted by atomic mass is 15.1. The molecule has 2 aromatic rings. The van der Waals surface area contributed by atoms with Crippen molar-refractivity contribution in [3.8, 4) is 0 Å². The molecule has 0 bridgehead atoms. The van der Waals surface area contributed by atoms with Gasteiger partial charge in [-0.1, -0.05) is 30.3 Å². The molecule has 0 spiro atoms. The summed E-state index contributed by atoms with van der Waals surface area (Å²) in [6, 6.07) is 12.5. The third-order valence-electron chi connectivity index (χ3n) is 3.55. The molecule has 104 valence electrons. The van der Waals surface area contributed by atoms with Gasteiger partial charge < -0.3 is 15.5 Å². The molecule has 1 aromatic heterocycles. The fraction of sp³-hybridized carbons (Fsp3) is 0.312. The van der Waals surface area contributed by atoms with Gasteiger partial charge in [0.2, 0.25) is 0 Å².